The standard InChI is InChI=1S/C19H19ClN2O3S/c20-15-7-10-26-17(15)18(24)21-9-4-8-19(12-21)13-22(16(23)11-25-19)14-5-2-1-3-6-14/h1-3,5-7,10H,4,8-9,11-13H2. The molecule has 7 heteroatoms. The Bertz CT molecular complexity index is 825. The first-order chi connectivity index (χ1) is 12.6. The number of morpholine rings is 1. The average molecular weight is 391 g/mol. The molecule has 136 valence electrons. The predicted octanol–water partition coefficient (Wildman–Crippen LogP) is 3.44. The molecule has 1 atom stereocenters. The van der Waals surface area contributed by atoms with E-state index in [1.165, 1.54) is 11.3 Å². The molecule has 3 heterocycles. The van der Waals surface area contributed by atoms with E-state index in [0.717, 1.165) is 18.5 Å². The summed E-state index contributed by atoms with van der Waals surface area (Å²) in [4.78, 5) is 29.4. The van der Waals surface area contributed by atoms with Crippen molar-refractivity contribution in [1.82, 2.24) is 4.90 Å². The summed E-state index contributed by atoms with van der Waals surface area (Å²) in [5.74, 6) is -0.109. The first kappa shape index (κ1) is 17.5. The second-order valence-corrected chi connectivity index (χ2v) is 8.04. The van der Waals surface area contributed by atoms with Crippen molar-refractivity contribution in [3.63, 3.8) is 0 Å². The number of carbonyl (C=O) groups excluding carboxylic acids is 2. The summed E-state index contributed by atoms with van der Waals surface area (Å²) in [5, 5.41) is 2.31. The van der Waals surface area contributed by atoms with E-state index in [2.05, 4.69) is 0 Å². The number of para-hydroxylation sites is 1. The minimum absolute atomic E-state index is 0.0384. The zero-order valence-electron chi connectivity index (χ0n) is 14.2. The molecule has 0 bridgehead atoms. The second-order valence-electron chi connectivity index (χ2n) is 6.72. The Morgan fingerprint density at radius 3 is 2.73 bits per heavy atom. The summed E-state index contributed by atoms with van der Waals surface area (Å²) in [6.07, 6.45) is 1.66. The maximum absolute atomic E-state index is 12.8. The fourth-order valence-corrected chi connectivity index (χ4v) is 4.77. The van der Waals surface area contributed by atoms with E-state index in [1.54, 1.807) is 15.9 Å². The van der Waals surface area contributed by atoms with E-state index in [1.807, 2.05) is 35.7 Å². The number of rotatable bonds is 2. The molecule has 1 aromatic carbocycles. The summed E-state index contributed by atoms with van der Waals surface area (Å²) >= 11 is 7.49. The number of ether oxygens (including phenoxy) is 1. The van der Waals surface area contributed by atoms with Gasteiger partial charge in [-0.15, -0.1) is 11.3 Å². The molecule has 2 saturated heterocycles. The highest BCUT2D eigenvalue weighted by Crippen LogP contribution is 2.33. The van der Waals surface area contributed by atoms with Gasteiger partial charge in [0.2, 0.25) is 0 Å². The number of hydrogen-bond acceptors (Lipinski definition) is 4. The molecule has 1 spiro atoms. The van der Waals surface area contributed by atoms with Crippen LogP contribution in [-0.2, 0) is 9.53 Å². The van der Waals surface area contributed by atoms with E-state index in [-0.39, 0.29) is 18.4 Å². The van der Waals surface area contributed by atoms with Gasteiger partial charge in [-0.1, -0.05) is 29.8 Å². The predicted molar refractivity (Wildman–Crippen MR) is 102 cm³/mol. The van der Waals surface area contributed by atoms with Gasteiger partial charge in [-0.2, -0.15) is 0 Å². The van der Waals surface area contributed by atoms with E-state index in [4.69, 9.17) is 16.3 Å². The average Bonchev–Trinajstić information content (AvgIpc) is 3.10. The Hall–Kier alpha value is -1.89. The Morgan fingerprint density at radius 2 is 2.00 bits per heavy atom. The van der Waals surface area contributed by atoms with E-state index in [0.29, 0.717) is 29.5 Å². The van der Waals surface area contributed by atoms with Crippen molar-refractivity contribution >= 4 is 40.4 Å². The van der Waals surface area contributed by atoms with E-state index >= 15 is 0 Å². The Kier molecular flexibility index (Phi) is 4.73. The van der Waals surface area contributed by atoms with Crippen LogP contribution in [0.2, 0.25) is 5.02 Å². The van der Waals surface area contributed by atoms with Crippen LogP contribution in [0.3, 0.4) is 0 Å². The summed E-state index contributed by atoms with van der Waals surface area (Å²) in [5.41, 5.74) is 0.339. The molecule has 0 radical (unpaired) electrons. The number of thiophene rings is 1. The van der Waals surface area contributed by atoms with Crippen molar-refractivity contribution in [2.75, 3.05) is 31.1 Å². The molecule has 2 amide bonds. The number of nitrogens with zero attached hydrogens (tertiary/aromatic N) is 2. The SMILES string of the molecule is O=C(c1sccc1Cl)N1CCCC2(C1)CN(c1ccccc1)C(=O)CO2. The highest BCUT2D eigenvalue weighted by Gasteiger charge is 2.44. The number of anilines is 1. The number of hydrogen-bond donors (Lipinski definition) is 0. The minimum atomic E-state index is -0.526. The topological polar surface area (TPSA) is 49.9 Å². The van der Waals surface area contributed by atoms with Gasteiger partial charge in [0, 0.05) is 12.2 Å². The monoisotopic (exact) mass is 390 g/mol. The molecule has 4 rings (SSSR count). The van der Waals surface area contributed by atoms with Crippen molar-refractivity contribution in [3.05, 3.63) is 51.7 Å². The van der Waals surface area contributed by atoms with Gasteiger partial charge < -0.3 is 14.5 Å². The largest absolute Gasteiger partial charge is 0.361 e. The van der Waals surface area contributed by atoms with Crippen LogP contribution in [0.15, 0.2) is 41.8 Å². The van der Waals surface area contributed by atoms with Crippen LogP contribution in [-0.4, -0.2) is 48.6 Å². The van der Waals surface area contributed by atoms with Crippen LogP contribution in [0.5, 0.6) is 0 Å². The van der Waals surface area contributed by atoms with Crippen LogP contribution in [0, 0.1) is 0 Å². The molecule has 1 aromatic heterocycles. The lowest BCUT2D eigenvalue weighted by Crippen LogP contribution is -2.62. The molecule has 0 N–H and O–H groups in total. The van der Waals surface area contributed by atoms with Gasteiger partial charge in [-0.3, -0.25) is 9.59 Å². The first-order valence-electron chi connectivity index (χ1n) is 8.60. The molecule has 26 heavy (non-hydrogen) atoms. The van der Waals surface area contributed by atoms with Gasteiger partial charge >= 0.3 is 0 Å². The molecule has 2 fully saturated rings. The Balaban J connectivity index is 1.55. The molecular formula is C19H19ClN2O3S. The number of amides is 2. The van der Waals surface area contributed by atoms with Gasteiger partial charge in [-0.05, 0) is 36.4 Å². The lowest BCUT2D eigenvalue weighted by molar-refractivity contribution is -0.144. The molecule has 0 aliphatic carbocycles. The highest BCUT2D eigenvalue weighted by atomic mass is 35.5. The summed E-state index contributed by atoms with van der Waals surface area (Å²) in [6.45, 7) is 1.64. The van der Waals surface area contributed by atoms with E-state index < -0.39 is 5.60 Å². The lowest BCUT2D eigenvalue weighted by Gasteiger charge is -2.47. The maximum Gasteiger partial charge on any atom is 0.265 e. The highest BCUT2D eigenvalue weighted by molar-refractivity contribution is 7.12. The number of benzene rings is 1. The van der Waals surface area contributed by atoms with Crippen molar-refractivity contribution < 1.29 is 14.3 Å². The number of carbonyl (C=O) groups is 2. The summed E-state index contributed by atoms with van der Waals surface area (Å²) < 4.78 is 5.98. The Morgan fingerprint density at radius 1 is 1.19 bits per heavy atom. The fourth-order valence-electron chi connectivity index (χ4n) is 3.67. The normalized spacial score (nSPS) is 23.5. The van der Waals surface area contributed by atoms with Crippen LogP contribution >= 0.6 is 22.9 Å². The first-order valence-corrected chi connectivity index (χ1v) is 9.85. The Labute approximate surface area is 161 Å². The quantitative estimate of drug-likeness (QED) is 0.789. The molecule has 5 nitrogen and oxygen atoms in total. The number of likely N-dealkylation sites (tertiary alicyclic amines) is 1. The van der Waals surface area contributed by atoms with Gasteiger partial charge in [0.25, 0.3) is 11.8 Å². The van der Waals surface area contributed by atoms with E-state index in [9.17, 15) is 9.59 Å². The van der Waals surface area contributed by atoms with Crippen molar-refractivity contribution in [3.8, 4) is 0 Å². The van der Waals surface area contributed by atoms with Gasteiger partial charge in [0.15, 0.2) is 0 Å². The van der Waals surface area contributed by atoms with Crippen LogP contribution < -0.4 is 4.90 Å². The fraction of sp³-hybridized carbons (Fsp3) is 0.368. The van der Waals surface area contributed by atoms with Crippen molar-refractivity contribution in [2.45, 2.75) is 18.4 Å². The zero-order chi connectivity index (χ0) is 18.1. The minimum Gasteiger partial charge on any atom is -0.361 e. The molecule has 0 saturated carbocycles. The number of piperidine rings is 1. The molecule has 2 aromatic rings. The summed E-state index contributed by atoms with van der Waals surface area (Å²) in [7, 11) is 0. The third-order valence-electron chi connectivity index (χ3n) is 4.96. The summed E-state index contributed by atoms with van der Waals surface area (Å²) in [6, 6.07) is 11.4. The van der Waals surface area contributed by atoms with Crippen LogP contribution in [0.25, 0.3) is 0 Å². The van der Waals surface area contributed by atoms with Crippen LogP contribution in [0.4, 0.5) is 5.69 Å². The van der Waals surface area contributed by atoms with Crippen molar-refractivity contribution in [1.29, 1.82) is 0 Å². The van der Waals surface area contributed by atoms with Gasteiger partial charge in [0.05, 0.1) is 18.1 Å². The third-order valence-corrected chi connectivity index (χ3v) is 6.28. The van der Waals surface area contributed by atoms with Gasteiger partial charge in [0.1, 0.15) is 17.1 Å². The lowest BCUT2D eigenvalue weighted by atomic mass is 9.90. The third kappa shape index (κ3) is 3.24. The van der Waals surface area contributed by atoms with Crippen molar-refractivity contribution in [2.24, 2.45) is 0 Å². The molecular weight excluding hydrogens is 372 g/mol. The number of halogens is 1. The molecule has 1 unspecified atom stereocenters. The maximum atomic E-state index is 12.8. The second kappa shape index (κ2) is 7.02. The van der Waals surface area contributed by atoms with Crippen LogP contribution in [0.1, 0.15) is 22.5 Å². The molecule has 2 aliphatic heterocycles. The van der Waals surface area contributed by atoms with Gasteiger partial charge in [-0.25, -0.2) is 0 Å². The zero-order valence-corrected chi connectivity index (χ0v) is 15.8. The molecule has 2 aliphatic rings. The smallest absolute Gasteiger partial charge is 0.265 e.